The number of thioether (sulfide) groups is 1. The molecule has 1 aliphatic rings. The first-order valence-corrected chi connectivity index (χ1v) is 13.7. The van der Waals surface area contributed by atoms with E-state index in [1.165, 1.54) is 28.8 Å². The summed E-state index contributed by atoms with van der Waals surface area (Å²) in [6.07, 6.45) is 0. The van der Waals surface area contributed by atoms with Crippen molar-refractivity contribution in [2.45, 2.75) is 25.1 Å². The summed E-state index contributed by atoms with van der Waals surface area (Å²) >= 11 is 8.13. The van der Waals surface area contributed by atoms with Crippen molar-refractivity contribution in [3.05, 3.63) is 101 Å². The summed E-state index contributed by atoms with van der Waals surface area (Å²) in [5.41, 5.74) is 3.69. The Bertz CT molecular complexity index is 1470. The van der Waals surface area contributed by atoms with Crippen LogP contribution in [0.5, 0.6) is 0 Å². The van der Waals surface area contributed by atoms with Crippen LogP contribution in [0, 0.1) is 5.82 Å². The van der Waals surface area contributed by atoms with E-state index in [1.54, 1.807) is 16.8 Å². The molecule has 0 radical (unpaired) electrons. The number of anilines is 1. The third-order valence-corrected chi connectivity index (χ3v) is 7.73. The Morgan fingerprint density at radius 3 is 2.45 bits per heavy atom. The van der Waals surface area contributed by atoms with Gasteiger partial charge in [-0.3, -0.25) is 14.5 Å². The van der Waals surface area contributed by atoms with E-state index < -0.39 is 0 Å². The molecular weight excluding hydrogens is 523 g/mol. The zero-order valence-corrected chi connectivity index (χ0v) is 22.5. The van der Waals surface area contributed by atoms with Crippen LogP contribution in [0.25, 0.3) is 16.9 Å². The second kappa shape index (κ2) is 11.0. The number of rotatable bonds is 6. The van der Waals surface area contributed by atoms with Crippen LogP contribution in [0.3, 0.4) is 0 Å². The maximum absolute atomic E-state index is 13.9. The standard InChI is InChI=1S/C29H26ClFN4O2S/c1-18(2)32-24(36)16-34-25(37)17-38-28(22-10-6-7-11-23(22)30)26-27(19-8-4-3-5-9-19)33-35(29(26)34)21-14-12-20(31)13-15-21/h3-15,18,28H,16-17H2,1-2H3,(H,32,36)/t28-/m1/s1. The summed E-state index contributed by atoms with van der Waals surface area (Å²) in [5.74, 6) is -0.295. The lowest BCUT2D eigenvalue weighted by Gasteiger charge is -2.24. The van der Waals surface area contributed by atoms with Crippen LogP contribution in [0.2, 0.25) is 5.02 Å². The summed E-state index contributed by atoms with van der Waals surface area (Å²) in [7, 11) is 0. The number of carbonyl (C=O) groups is 2. The number of carbonyl (C=O) groups excluding carboxylic acids is 2. The molecule has 6 nitrogen and oxygen atoms in total. The van der Waals surface area contributed by atoms with E-state index in [1.807, 2.05) is 68.4 Å². The molecule has 2 amide bonds. The van der Waals surface area contributed by atoms with E-state index in [0.717, 1.165) is 16.7 Å². The van der Waals surface area contributed by atoms with E-state index in [-0.39, 0.29) is 41.2 Å². The molecule has 0 fully saturated rings. The molecule has 3 aromatic carbocycles. The molecule has 0 bridgehead atoms. The van der Waals surface area contributed by atoms with Crippen LogP contribution < -0.4 is 10.2 Å². The lowest BCUT2D eigenvalue weighted by molar-refractivity contribution is -0.123. The number of hydrogen-bond acceptors (Lipinski definition) is 4. The van der Waals surface area contributed by atoms with Crippen molar-refractivity contribution in [1.82, 2.24) is 15.1 Å². The summed E-state index contributed by atoms with van der Waals surface area (Å²) in [6.45, 7) is 3.56. The number of benzene rings is 3. The minimum Gasteiger partial charge on any atom is -0.352 e. The molecule has 9 heteroatoms. The van der Waals surface area contributed by atoms with Crippen LogP contribution in [0.1, 0.15) is 30.2 Å². The highest BCUT2D eigenvalue weighted by Gasteiger charge is 2.38. The predicted octanol–water partition coefficient (Wildman–Crippen LogP) is 6.03. The van der Waals surface area contributed by atoms with Crippen LogP contribution in [0.15, 0.2) is 78.9 Å². The van der Waals surface area contributed by atoms with E-state index in [4.69, 9.17) is 16.7 Å². The molecule has 194 valence electrons. The normalized spacial score (nSPS) is 15.3. The molecule has 0 saturated heterocycles. The van der Waals surface area contributed by atoms with Gasteiger partial charge in [-0.15, -0.1) is 11.8 Å². The van der Waals surface area contributed by atoms with Gasteiger partial charge in [-0.2, -0.15) is 5.10 Å². The van der Waals surface area contributed by atoms with Crippen LogP contribution >= 0.6 is 23.4 Å². The first kappa shape index (κ1) is 26.0. The van der Waals surface area contributed by atoms with Gasteiger partial charge in [-0.25, -0.2) is 9.07 Å². The van der Waals surface area contributed by atoms with E-state index in [0.29, 0.717) is 22.2 Å². The third kappa shape index (κ3) is 5.19. The Balaban J connectivity index is 1.81. The van der Waals surface area contributed by atoms with Crippen molar-refractivity contribution < 1.29 is 14.0 Å². The summed E-state index contributed by atoms with van der Waals surface area (Å²) in [6, 6.07) is 23.0. The third-order valence-electron chi connectivity index (χ3n) is 6.15. The highest BCUT2D eigenvalue weighted by molar-refractivity contribution is 8.00. The van der Waals surface area contributed by atoms with Crippen molar-refractivity contribution in [3.8, 4) is 16.9 Å². The number of amides is 2. The molecule has 38 heavy (non-hydrogen) atoms. The molecular formula is C29H26ClFN4O2S. The Kier molecular flexibility index (Phi) is 7.53. The number of nitrogens with zero attached hydrogens (tertiary/aromatic N) is 3. The number of fused-ring (bicyclic) bond motifs is 1. The van der Waals surface area contributed by atoms with Gasteiger partial charge in [0, 0.05) is 22.2 Å². The smallest absolute Gasteiger partial charge is 0.240 e. The van der Waals surface area contributed by atoms with Gasteiger partial charge >= 0.3 is 0 Å². The molecule has 0 unspecified atom stereocenters. The highest BCUT2D eigenvalue weighted by atomic mass is 35.5. The van der Waals surface area contributed by atoms with Crippen LogP contribution in [-0.4, -0.2) is 39.9 Å². The average Bonchev–Trinajstić information content (AvgIpc) is 3.22. The second-order valence-corrected chi connectivity index (χ2v) is 10.8. The van der Waals surface area contributed by atoms with E-state index in [2.05, 4.69) is 5.32 Å². The fourth-order valence-corrected chi connectivity index (χ4v) is 6.08. The van der Waals surface area contributed by atoms with E-state index >= 15 is 0 Å². The molecule has 0 saturated carbocycles. The largest absolute Gasteiger partial charge is 0.352 e. The molecule has 1 atom stereocenters. The van der Waals surface area contributed by atoms with Gasteiger partial charge in [0.05, 0.1) is 22.4 Å². The minimum atomic E-state index is -0.385. The SMILES string of the molecule is CC(C)NC(=O)CN1C(=O)CS[C@H](c2ccccc2Cl)c2c(-c3ccccc3)nn(-c3ccc(F)cc3)c21. The monoisotopic (exact) mass is 548 g/mol. The molecule has 4 aromatic rings. The predicted molar refractivity (Wildman–Crippen MR) is 150 cm³/mol. The van der Waals surface area contributed by atoms with Gasteiger partial charge in [0.25, 0.3) is 0 Å². The first-order chi connectivity index (χ1) is 18.3. The van der Waals surface area contributed by atoms with Crippen molar-refractivity contribution in [2.75, 3.05) is 17.2 Å². The molecule has 0 spiro atoms. The van der Waals surface area contributed by atoms with Gasteiger partial charge < -0.3 is 5.32 Å². The second-order valence-electron chi connectivity index (χ2n) is 9.25. The van der Waals surface area contributed by atoms with Gasteiger partial charge in [-0.1, -0.05) is 60.1 Å². The topological polar surface area (TPSA) is 67.2 Å². The maximum Gasteiger partial charge on any atom is 0.240 e. The number of nitrogens with one attached hydrogen (secondary N) is 1. The quantitative estimate of drug-likeness (QED) is 0.320. The van der Waals surface area contributed by atoms with Gasteiger partial charge in [0.2, 0.25) is 11.8 Å². The number of aromatic nitrogens is 2. The first-order valence-electron chi connectivity index (χ1n) is 12.2. The van der Waals surface area contributed by atoms with Crippen molar-refractivity contribution in [2.24, 2.45) is 0 Å². The van der Waals surface area contributed by atoms with Crippen LogP contribution in [-0.2, 0) is 9.59 Å². The lowest BCUT2D eigenvalue weighted by atomic mass is 9.99. The number of halogens is 2. The molecule has 1 aromatic heterocycles. The maximum atomic E-state index is 13.9. The van der Waals surface area contributed by atoms with Crippen molar-refractivity contribution in [3.63, 3.8) is 0 Å². The summed E-state index contributed by atoms with van der Waals surface area (Å²) in [4.78, 5) is 28.1. The summed E-state index contributed by atoms with van der Waals surface area (Å²) < 4.78 is 15.5. The van der Waals surface area contributed by atoms with Crippen LogP contribution in [0.4, 0.5) is 10.2 Å². The molecule has 2 heterocycles. The molecule has 1 aliphatic heterocycles. The zero-order valence-electron chi connectivity index (χ0n) is 20.9. The Hall–Kier alpha value is -3.62. The van der Waals surface area contributed by atoms with E-state index in [9.17, 15) is 14.0 Å². The minimum absolute atomic E-state index is 0.0869. The average molecular weight is 549 g/mol. The van der Waals surface area contributed by atoms with Crippen molar-refractivity contribution in [1.29, 1.82) is 0 Å². The molecule has 5 rings (SSSR count). The molecule has 0 aliphatic carbocycles. The fourth-order valence-electron chi connectivity index (χ4n) is 4.54. The van der Waals surface area contributed by atoms with Gasteiger partial charge in [0.15, 0.2) is 0 Å². The Morgan fingerprint density at radius 1 is 1.08 bits per heavy atom. The number of hydrogen-bond donors (Lipinski definition) is 1. The highest BCUT2D eigenvalue weighted by Crippen LogP contribution is 2.49. The Morgan fingerprint density at radius 2 is 1.76 bits per heavy atom. The fraction of sp³-hybridized carbons (Fsp3) is 0.207. The van der Waals surface area contributed by atoms with Gasteiger partial charge in [0.1, 0.15) is 18.2 Å². The van der Waals surface area contributed by atoms with Gasteiger partial charge in [-0.05, 0) is 49.7 Å². The summed E-state index contributed by atoms with van der Waals surface area (Å²) in [5, 5.41) is 8.08. The zero-order chi connectivity index (χ0) is 26.8. The lowest BCUT2D eigenvalue weighted by Crippen LogP contribution is -2.44. The Labute approximate surface area is 229 Å². The molecule has 1 N–H and O–H groups in total. The van der Waals surface area contributed by atoms with Crippen molar-refractivity contribution >= 4 is 41.0 Å².